The number of likely N-dealkylation sites (tertiary alicyclic amines) is 1. The molecule has 0 radical (unpaired) electrons. The van der Waals surface area contributed by atoms with E-state index in [0.29, 0.717) is 0 Å². The molecule has 134 valence electrons. The second-order valence-corrected chi connectivity index (χ2v) is 6.71. The molecule has 2 aromatic heterocycles. The van der Waals surface area contributed by atoms with Crippen LogP contribution in [0.15, 0.2) is 36.7 Å². The van der Waals surface area contributed by atoms with Gasteiger partial charge in [-0.2, -0.15) is 0 Å². The van der Waals surface area contributed by atoms with Crippen molar-refractivity contribution in [1.29, 1.82) is 0 Å². The summed E-state index contributed by atoms with van der Waals surface area (Å²) >= 11 is 0. The van der Waals surface area contributed by atoms with E-state index in [1.165, 1.54) is 25.9 Å². The van der Waals surface area contributed by atoms with Crippen LogP contribution in [0.25, 0.3) is 0 Å². The molecule has 0 aromatic carbocycles. The van der Waals surface area contributed by atoms with Gasteiger partial charge in [0, 0.05) is 44.3 Å². The van der Waals surface area contributed by atoms with Gasteiger partial charge in [0.1, 0.15) is 11.6 Å². The molecule has 1 aliphatic rings. The Bertz CT molecular complexity index is 649. The third-order valence-electron chi connectivity index (χ3n) is 4.75. The van der Waals surface area contributed by atoms with Crippen molar-refractivity contribution in [2.24, 2.45) is 5.92 Å². The zero-order chi connectivity index (χ0) is 17.5. The third-order valence-corrected chi connectivity index (χ3v) is 4.75. The van der Waals surface area contributed by atoms with E-state index in [0.717, 1.165) is 41.9 Å². The summed E-state index contributed by atoms with van der Waals surface area (Å²) in [6, 6.07) is 8.14. The molecule has 6 nitrogen and oxygen atoms in total. The van der Waals surface area contributed by atoms with Gasteiger partial charge in [-0.05, 0) is 56.6 Å². The number of pyridine rings is 2. The van der Waals surface area contributed by atoms with E-state index in [2.05, 4.69) is 50.0 Å². The highest BCUT2D eigenvalue weighted by atomic mass is 15.1. The first kappa shape index (κ1) is 17.5. The number of rotatable bonds is 7. The van der Waals surface area contributed by atoms with Crippen LogP contribution in [-0.2, 0) is 6.54 Å². The van der Waals surface area contributed by atoms with Crippen LogP contribution >= 0.6 is 0 Å². The van der Waals surface area contributed by atoms with Gasteiger partial charge in [0.25, 0.3) is 0 Å². The first-order chi connectivity index (χ1) is 12.2. The molecule has 1 saturated heterocycles. The second kappa shape index (κ2) is 8.67. The molecule has 1 aliphatic heterocycles. The number of aromatic nitrogens is 2. The first-order valence-corrected chi connectivity index (χ1v) is 8.98. The summed E-state index contributed by atoms with van der Waals surface area (Å²) < 4.78 is 0. The van der Waals surface area contributed by atoms with Crippen molar-refractivity contribution in [1.82, 2.24) is 14.9 Å². The molecule has 0 amide bonds. The number of hydrogen-bond acceptors (Lipinski definition) is 6. The summed E-state index contributed by atoms with van der Waals surface area (Å²) in [5.41, 5.74) is 2.21. The molecule has 0 saturated carbocycles. The van der Waals surface area contributed by atoms with Gasteiger partial charge in [-0.15, -0.1) is 0 Å². The fraction of sp³-hybridized carbons (Fsp3) is 0.474. The highest BCUT2D eigenvalue weighted by molar-refractivity contribution is 5.51. The summed E-state index contributed by atoms with van der Waals surface area (Å²) in [5.74, 6) is 2.58. The molecule has 25 heavy (non-hydrogen) atoms. The lowest BCUT2D eigenvalue weighted by Crippen LogP contribution is -2.33. The van der Waals surface area contributed by atoms with Crippen LogP contribution in [0.5, 0.6) is 0 Å². The predicted octanol–water partition coefficient (Wildman–Crippen LogP) is 2.88. The van der Waals surface area contributed by atoms with Gasteiger partial charge in [0.15, 0.2) is 0 Å². The Morgan fingerprint density at radius 3 is 2.64 bits per heavy atom. The summed E-state index contributed by atoms with van der Waals surface area (Å²) in [7, 11) is 4.07. The SMILES string of the molecule is CNc1cc(NCc2ccc(NCC3CCN(C)CC3)nc2)ccn1. The van der Waals surface area contributed by atoms with Crippen LogP contribution in [0.3, 0.4) is 0 Å². The number of nitrogens with zero attached hydrogens (tertiary/aromatic N) is 3. The number of anilines is 3. The fourth-order valence-electron chi connectivity index (χ4n) is 3.03. The number of hydrogen-bond donors (Lipinski definition) is 3. The molecule has 6 heteroatoms. The minimum absolute atomic E-state index is 0.745. The zero-order valence-electron chi connectivity index (χ0n) is 15.1. The predicted molar refractivity (Wildman–Crippen MR) is 104 cm³/mol. The molecule has 3 heterocycles. The lowest BCUT2D eigenvalue weighted by atomic mass is 9.97. The lowest BCUT2D eigenvalue weighted by molar-refractivity contribution is 0.226. The summed E-state index contributed by atoms with van der Waals surface area (Å²) in [6.45, 7) is 4.17. The Morgan fingerprint density at radius 2 is 1.92 bits per heavy atom. The van der Waals surface area contributed by atoms with Crippen molar-refractivity contribution in [2.45, 2.75) is 19.4 Å². The minimum atomic E-state index is 0.745. The minimum Gasteiger partial charge on any atom is -0.381 e. The zero-order valence-corrected chi connectivity index (χ0v) is 15.1. The molecule has 3 N–H and O–H groups in total. The smallest absolute Gasteiger partial charge is 0.127 e. The van der Waals surface area contributed by atoms with Crippen molar-refractivity contribution < 1.29 is 0 Å². The maximum absolute atomic E-state index is 4.54. The molecule has 0 spiro atoms. The second-order valence-electron chi connectivity index (χ2n) is 6.71. The van der Waals surface area contributed by atoms with Gasteiger partial charge in [-0.1, -0.05) is 6.07 Å². The van der Waals surface area contributed by atoms with E-state index in [-0.39, 0.29) is 0 Å². The Hall–Kier alpha value is -2.34. The molecule has 0 aliphatic carbocycles. The van der Waals surface area contributed by atoms with E-state index in [4.69, 9.17) is 0 Å². The van der Waals surface area contributed by atoms with Crippen LogP contribution in [0.1, 0.15) is 18.4 Å². The largest absolute Gasteiger partial charge is 0.381 e. The van der Waals surface area contributed by atoms with Gasteiger partial charge in [-0.3, -0.25) is 0 Å². The topological polar surface area (TPSA) is 65.1 Å². The molecule has 0 bridgehead atoms. The Labute approximate surface area is 150 Å². The van der Waals surface area contributed by atoms with Crippen molar-refractivity contribution in [3.63, 3.8) is 0 Å². The van der Waals surface area contributed by atoms with Gasteiger partial charge < -0.3 is 20.9 Å². The highest BCUT2D eigenvalue weighted by Crippen LogP contribution is 2.17. The van der Waals surface area contributed by atoms with Crippen molar-refractivity contribution >= 4 is 17.3 Å². The third kappa shape index (κ3) is 5.32. The van der Waals surface area contributed by atoms with Gasteiger partial charge in [0.2, 0.25) is 0 Å². The Kier molecular flexibility index (Phi) is 6.06. The van der Waals surface area contributed by atoms with E-state index in [9.17, 15) is 0 Å². The highest BCUT2D eigenvalue weighted by Gasteiger charge is 2.16. The van der Waals surface area contributed by atoms with E-state index in [1.54, 1.807) is 6.20 Å². The van der Waals surface area contributed by atoms with Crippen LogP contribution in [0, 0.1) is 5.92 Å². The Morgan fingerprint density at radius 1 is 1.08 bits per heavy atom. The van der Waals surface area contributed by atoms with Crippen molar-refractivity contribution in [3.05, 3.63) is 42.2 Å². The summed E-state index contributed by atoms with van der Waals surface area (Å²) in [6.07, 6.45) is 6.27. The van der Waals surface area contributed by atoms with Crippen molar-refractivity contribution in [3.8, 4) is 0 Å². The van der Waals surface area contributed by atoms with Crippen LogP contribution in [0.4, 0.5) is 17.3 Å². The molecule has 3 rings (SSSR count). The standard InChI is InChI=1S/C19H28N6/c1-20-19-11-17(5-8-21-19)22-13-16-3-4-18(24-14-16)23-12-15-6-9-25(2)10-7-15/h3-5,8,11,14-15H,6-7,9-10,12-13H2,1-2H3,(H,23,24)(H2,20,21,22). The maximum Gasteiger partial charge on any atom is 0.127 e. The normalized spacial score (nSPS) is 15.8. The summed E-state index contributed by atoms with van der Waals surface area (Å²) in [4.78, 5) is 11.2. The summed E-state index contributed by atoms with van der Waals surface area (Å²) in [5, 5.41) is 9.92. The number of piperidine rings is 1. The monoisotopic (exact) mass is 340 g/mol. The van der Waals surface area contributed by atoms with E-state index < -0.39 is 0 Å². The first-order valence-electron chi connectivity index (χ1n) is 8.98. The van der Waals surface area contributed by atoms with E-state index in [1.807, 2.05) is 25.4 Å². The average molecular weight is 340 g/mol. The fourth-order valence-corrected chi connectivity index (χ4v) is 3.03. The van der Waals surface area contributed by atoms with Gasteiger partial charge in [0.05, 0.1) is 0 Å². The molecule has 0 atom stereocenters. The molecule has 1 fully saturated rings. The van der Waals surface area contributed by atoms with Crippen LogP contribution in [-0.4, -0.2) is 48.6 Å². The molecule has 2 aromatic rings. The molecular weight excluding hydrogens is 312 g/mol. The van der Waals surface area contributed by atoms with Crippen LogP contribution < -0.4 is 16.0 Å². The lowest BCUT2D eigenvalue weighted by Gasteiger charge is -2.29. The van der Waals surface area contributed by atoms with Crippen LogP contribution in [0.2, 0.25) is 0 Å². The number of nitrogens with one attached hydrogen (secondary N) is 3. The van der Waals surface area contributed by atoms with Gasteiger partial charge >= 0.3 is 0 Å². The van der Waals surface area contributed by atoms with Crippen molar-refractivity contribution in [2.75, 3.05) is 49.7 Å². The molecular formula is C19H28N6. The average Bonchev–Trinajstić information content (AvgIpc) is 2.67. The quantitative estimate of drug-likeness (QED) is 0.720. The van der Waals surface area contributed by atoms with E-state index >= 15 is 0 Å². The maximum atomic E-state index is 4.54. The van der Waals surface area contributed by atoms with Gasteiger partial charge in [-0.25, -0.2) is 9.97 Å². The molecule has 0 unspecified atom stereocenters. The Balaban J connectivity index is 1.45.